The predicted molar refractivity (Wildman–Crippen MR) is 100 cm³/mol. The van der Waals surface area contributed by atoms with Crippen molar-refractivity contribution in [2.24, 2.45) is 0 Å². The van der Waals surface area contributed by atoms with Gasteiger partial charge >= 0.3 is 0 Å². The van der Waals surface area contributed by atoms with E-state index in [2.05, 4.69) is 17.2 Å². The molecule has 0 spiro atoms. The quantitative estimate of drug-likeness (QED) is 0.670. The van der Waals surface area contributed by atoms with Gasteiger partial charge in [0.1, 0.15) is 0 Å². The van der Waals surface area contributed by atoms with Gasteiger partial charge in [0.15, 0.2) is 16.7 Å². The van der Waals surface area contributed by atoms with Crippen LogP contribution in [0.2, 0.25) is 0 Å². The van der Waals surface area contributed by atoms with Gasteiger partial charge in [-0.15, -0.1) is 22.7 Å². The minimum atomic E-state index is -0.445. The van der Waals surface area contributed by atoms with Crippen LogP contribution in [0, 0.1) is 12.7 Å². The number of hydrogen-bond acceptors (Lipinski definition) is 5. The van der Waals surface area contributed by atoms with E-state index in [1.165, 1.54) is 40.7 Å². The molecule has 0 radical (unpaired) electrons. The second-order valence-corrected chi connectivity index (χ2v) is 7.41. The molecule has 0 saturated heterocycles. The first-order valence-electron chi connectivity index (χ1n) is 7.72. The van der Waals surface area contributed by atoms with Gasteiger partial charge in [-0.2, -0.15) is 0 Å². The average molecular weight is 376 g/mol. The Balaban J connectivity index is 1.77. The van der Waals surface area contributed by atoms with Gasteiger partial charge in [0.2, 0.25) is 0 Å². The summed E-state index contributed by atoms with van der Waals surface area (Å²) >= 11 is 2.81. The number of amides is 1. The molecular weight excluding hydrogens is 359 g/mol. The summed E-state index contributed by atoms with van der Waals surface area (Å²) in [6.45, 7) is 4.08. The van der Waals surface area contributed by atoms with Crippen LogP contribution in [0.4, 0.5) is 9.52 Å². The Kier molecular flexibility index (Phi) is 5.15. The Labute approximate surface area is 153 Å². The molecular formula is C18H17FN2O2S2. The number of nitrogens with one attached hydrogen (secondary N) is 1. The molecule has 130 valence electrons. The molecule has 1 aromatic carbocycles. The average Bonchev–Trinajstić information content (AvgIpc) is 3.21. The van der Waals surface area contributed by atoms with Crippen molar-refractivity contribution in [3.8, 4) is 17.0 Å². The first-order chi connectivity index (χ1) is 12.0. The zero-order chi connectivity index (χ0) is 18.0. The summed E-state index contributed by atoms with van der Waals surface area (Å²) in [6.07, 6.45) is 0.911. The monoisotopic (exact) mass is 376 g/mol. The summed E-state index contributed by atoms with van der Waals surface area (Å²) in [5, 5.41) is 5.08. The molecule has 0 bridgehead atoms. The number of nitrogens with zero attached hydrogens (tertiary/aromatic N) is 1. The number of halogens is 1. The highest BCUT2D eigenvalue weighted by atomic mass is 32.1. The standard InChI is InChI=1S/C18H17FN2O2S2/c1-4-15-10(2)7-16(25-15)17(22)21-18-20-13(9-24-18)11-5-6-14(23-3)12(19)8-11/h5-9H,4H2,1-3H3,(H,20,21,22). The highest BCUT2D eigenvalue weighted by molar-refractivity contribution is 7.15. The van der Waals surface area contributed by atoms with Gasteiger partial charge in [-0.25, -0.2) is 9.37 Å². The maximum Gasteiger partial charge on any atom is 0.267 e. The van der Waals surface area contributed by atoms with Crippen molar-refractivity contribution in [3.05, 3.63) is 50.8 Å². The van der Waals surface area contributed by atoms with E-state index in [4.69, 9.17) is 4.74 Å². The van der Waals surface area contributed by atoms with Crippen LogP contribution in [0.5, 0.6) is 5.75 Å². The summed E-state index contributed by atoms with van der Waals surface area (Å²) in [6, 6.07) is 6.56. The van der Waals surface area contributed by atoms with E-state index < -0.39 is 5.82 Å². The van der Waals surface area contributed by atoms with Crippen molar-refractivity contribution in [1.82, 2.24) is 4.98 Å². The summed E-state index contributed by atoms with van der Waals surface area (Å²) in [5.74, 6) is -0.429. The molecule has 0 saturated carbocycles. The van der Waals surface area contributed by atoms with Gasteiger partial charge in [-0.1, -0.05) is 6.92 Å². The van der Waals surface area contributed by atoms with Crippen LogP contribution < -0.4 is 10.1 Å². The molecule has 4 nitrogen and oxygen atoms in total. The van der Waals surface area contributed by atoms with Crippen LogP contribution in [0.1, 0.15) is 27.0 Å². The number of aryl methyl sites for hydroxylation is 2. The van der Waals surface area contributed by atoms with Gasteiger partial charge in [0.25, 0.3) is 5.91 Å². The fourth-order valence-corrected chi connectivity index (χ4v) is 4.15. The van der Waals surface area contributed by atoms with Crippen molar-refractivity contribution in [3.63, 3.8) is 0 Å². The topological polar surface area (TPSA) is 51.2 Å². The number of benzene rings is 1. The lowest BCUT2D eigenvalue weighted by Crippen LogP contribution is -2.09. The summed E-state index contributed by atoms with van der Waals surface area (Å²) in [7, 11) is 1.42. The number of ether oxygens (including phenoxy) is 1. The van der Waals surface area contributed by atoms with Gasteiger partial charge in [-0.05, 0) is 43.2 Å². The Morgan fingerprint density at radius 2 is 2.16 bits per heavy atom. The largest absolute Gasteiger partial charge is 0.494 e. The zero-order valence-electron chi connectivity index (χ0n) is 14.1. The summed E-state index contributed by atoms with van der Waals surface area (Å²) in [4.78, 5) is 18.6. The van der Waals surface area contributed by atoms with Crippen LogP contribution in [0.25, 0.3) is 11.3 Å². The Morgan fingerprint density at radius 3 is 2.80 bits per heavy atom. The number of hydrogen-bond donors (Lipinski definition) is 1. The first-order valence-corrected chi connectivity index (χ1v) is 9.41. The van der Waals surface area contributed by atoms with Crippen LogP contribution in [0.3, 0.4) is 0 Å². The van der Waals surface area contributed by atoms with Crippen molar-refractivity contribution >= 4 is 33.7 Å². The Morgan fingerprint density at radius 1 is 1.36 bits per heavy atom. The number of carbonyl (C=O) groups excluding carboxylic acids is 1. The van der Waals surface area contributed by atoms with Gasteiger partial charge in [-0.3, -0.25) is 10.1 Å². The number of anilines is 1. The zero-order valence-corrected chi connectivity index (χ0v) is 15.7. The van der Waals surface area contributed by atoms with E-state index in [9.17, 15) is 9.18 Å². The molecule has 2 aromatic heterocycles. The maximum absolute atomic E-state index is 13.8. The minimum Gasteiger partial charge on any atom is -0.494 e. The van der Waals surface area contributed by atoms with Crippen molar-refractivity contribution < 1.29 is 13.9 Å². The van der Waals surface area contributed by atoms with E-state index in [0.29, 0.717) is 21.3 Å². The lowest BCUT2D eigenvalue weighted by atomic mass is 10.1. The lowest BCUT2D eigenvalue weighted by Gasteiger charge is -2.03. The molecule has 0 aliphatic carbocycles. The Hall–Kier alpha value is -2.25. The summed E-state index contributed by atoms with van der Waals surface area (Å²) in [5.41, 5.74) is 2.37. The molecule has 1 amide bonds. The van der Waals surface area contributed by atoms with E-state index in [1.807, 2.05) is 13.0 Å². The molecule has 2 heterocycles. The highest BCUT2D eigenvalue weighted by Crippen LogP contribution is 2.29. The molecule has 1 N–H and O–H groups in total. The molecule has 3 aromatic rings. The maximum atomic E-state index is 13.8. The highest BCUT2D eigenvalue weighted by Gasteiger charge is 2.14. The lowest BCUT2D eigenvalue weighted by molar-refractivity contribution is 0.103. The number of aromatic nitrogens is 1. The molecule has 7 heteroatoms. The van der Waals surface area contributed by atoms with Crippen molar-refractivity contribution in [2.45, 2.75) is 20.3 Å². The number of carbonyl (C=O) groups is 1. The molecule has 0 aliphatic heterocycles. The predicted octanol–water partition coefficient (Wildman–Crippen LogP) is 5.14. The third kappa shape index (κ3) is 3.72. The van der Waals surface area contributed by atoms with E-state index in [0.717, 1.165) is 12.0 Å². The normalized spacial score (nSPS) is 10.7. The first kappa shape index (κ1) is 17.6. The van der Waals surface area contributed by atoms with Crippen LogP contribution in [0.15, 0.2) is 29.6 Å². The summed E-state index contributed by atoms with van der Waals surface area (Å²) < 4.78 is 18.7. The fraction of sp³-hybridized carbons (Fsp3) is 0.222. The molecule has 3 rings (SSSR count). The Bertz CT molecular complexity index is 918. The molecule has 0 fully saturated rings. The number of rotatable bonds is 5. The van der Waals surface area contributed by atoms with E-state index in [1.54, 1.807) is 17.5 Å². The second kappa shape index (κ2) is 7.33. The molecule has 0 atom stereocenters. The van der Waals surface area contributed by atoms with Crippen LogP contribution in [-0.4, -0.2) is 18.0 Å². The molecule has 0 unspecified atom stereocenters. The molecule has 0 aliphatic rings. The van der Waals surface area contributed by atoms with Gasteiger partial charge in [0, 0.05) is 15.8 Å². The van der Waals surface area contributed by atoms with Crippen LogP contribution in [-0.2, 0) is 6.42 Å². The smallest absolute Gasteiger partial charge is 0.267 e. The second-order valence-electron chi connectivity index (χ2n) is 5.41. The van der Waals surface area contributed by atoms with Crippen molar-refractivity contribution in [1.29, 1.82) is 0 Å². The molecule has 25 heavy (non-hydrogen) atoms. The fourth-order valence-electron chi connectivity index (χ4n) is 2.43. The van der Waals surface area contributed by atoms with E-state index in [-0.39, 0.29) is 11.7 Å². The number of thiazole rings is 1. The third-order valence-electron chi connectivity index (χ3n) is 3.74. The van der Waals surface area contributed by atoms with Crippen molar-refractivity contribution in [2.75, 3.05) is 12.4 Å². The van der Waals surface area contributed by atoms with Gasteiger partial charge in [0.05, 0.1) is 17.7 Å². The SMILES string of the molecule is CCc1sc(C(=O)Nc2nc(-c3ccc(OC)c(F)c3)cs2)cc1C. The van der Waals surface area contributed by atoms with E-state index >= 15 is 0 Å². The third-order valence-corrected chi connectivity index (χ3v) is 5.88. The van der Waals surface area contributed by atoms with Crippen LogP contribution >= 0.6 is 22.7 Å². The minimum absolute atomic E-state index is 0.172. The number of thiophene rings is 1. The van der Waals surface area contributed by atoms with Gasteiger partial charge < -0.3 is 4.74 Å². The number of methoxy groups -OCH3 is 1.